The van der Waals surface area contributed by atoms with Gasteiger partial charge in [-0.1, -0.05) is 84.9 Å². The quantitative estimate of drug-likeness (QED) is 0.255. The summed E-state index contributed by atoms with van der Waals surface area (Å²) in [5.74, 6) is -0.323. The van der Waals surface area contributed by atoms with Crippen LogP contribution in [0.25, 0.3) is 33.3 Å². The van der Waals surface area contributed by atoms with Crippen molar-refractivity contribution in [3.63, 3.8) is 0 Å². The molecule has 0 aliphatic rings. The fourth-order valence-electron chi connectivity index (χ4n) is 3.84. The minimum Gasteiger partial charge on any atom is -0.267 e. The molecule has 5 nitrogen and oxygen atoms in total. The minimum absolute atomic E-state index is 0.323. The Labute approximate surface area is 203 Å². The lowest BCUT2D eigenvalue weighted by atomic mass is 10.0. The van der Waals surface area contributed by atoms with Crippen LogP contribution in [0.5, 0.6) is 0 Å². The maximum Gasteiger partial charge on any atom is 0.272 e. The minimum atomic E-state index is -0.323. The van der Waals surface area contributed by atoms with Gasteiger partial charge in [0.25, 0.3) is 5.91 Å². The molecule has 0 saturated heterocycles. The molecule has 0 aliphatic carbocycles. The highest BCUT2D eigenvalue weighted by molar-refractivity contribution is 6.07. The number of nitrogens with one attached hydrogen (secondary N) is 1. The van der Waals surface area contributed by atoms with E-state index in [4.69, 9.17) is 10.2 Å². The van der Waals surface area contributed by atoms with Crippen molar-refractivity contribution in [3.05, 3.63) is 126 Å². The summed E-state index contributed by atoms with van der Waals surface area (Å²) < 4.78 is 0. The van der Waals surface area contributed by atoms with Crippen molar-refractivity contribution in [2.24, 2.45) is 5.10 Å². The van der Waals surface area contributed by atoms with E-state index in [2.05, 4.69) is 40.9 Å². The molecule has 4 aromatic carbocycles. The van der Waals surface area contributed by atoms with E-state index >= 15 is 0 Å². The average Bonchev–Trinajstić information content (AvgIpc) is 2.93. The van der Waals surface area contributed by atoms with Gasteiger partial charge in [-0.05, 0) is 41.0 Å². The molecular weight excluding hydrogens is 432 g/mol. The summed E-state index contributed by atoms with van der Waals surface area (Å²) in [6, 6.07) is 36.7. The third-order valence-corrected chi connectivity index (χ3v) is 5.67. The van der Waals surface area contributed by atoms with E-state index < -0.39 is 0 Å². The van der Waals surface area contributed by atoms with Gasteiger partial charge in [-0.15, -0.1) is 0 Å². The predicted octanol–water partition coefficient (Wildman–Crippen LogP) is 6.20. The number of pyridine rings is 1. The number of carbonyl (C=O) groups is 1. The molecule has 0 radical (unpaired) electrons. The van der Waals surface area contributed by atoms with Crippen LogP contribution in [0.1, 0.15) is 21.5 Å². The molecule has 0 bridgehead atoms. The molecule has 0 atom stereocenters. The van der Waals surface area contributed by atoms with Crippen molar-refractivity contribution in [2.75, 3.05) is 0 Å². The third kappa shape index (κ3) is 4.82. The molecule has 1 heterocycles. The van der Waals surface area contributed by atoms with Crippen LogP contribution in [0, 0.1) is 11.3 Å². The largest absolute Gasteiger partial charge is 0.272 e. The highest BCUT2D eigenvalue weighted by Crippen LogP contribution is 2.27. The number of hydrazone groups is 1. The highest BCUT2D eigenvalue weighted by atomic mass is 16.2. The van der Waals surface area contributed by atoms with Crippen molar-refractivity contribution in [2.45, 2.75) is 0 Å². The van der Waals surface area contributed by atoms with Gasteiger partial charge in [0.15, 0.2) is 0 Å². The number of hydrogen-bond donors (Lipinski definition) is 1. The number of benzene rings is 4. The number of nitrogens with zero attached hydrogens (tertiary/aromatic N) is 3. The van der Waals surface area contributed by atoms with Crippen LogP contribution in [0.3, 0.4) is 0 Å². The summed E-state index contributed by atoms with van der Waals surface area (Å²) in [5, 5.41) is 13.8. The number of para-hydroxylation sites is 1. The zero-order valence-corrected chi connectivity index (χ0v) is 18.7. The first-order chi connectivity index (χ1) is 17.2. The first-order valence-corrected chi connectivity index (χ1v) is 11.1. The van der Waals surface area contributed by atoms with Crippen molar-refractivity contribution in [1.82, 2.24) is 10.4 Å². The van der Waals surface area contributed by atoms with Crippen LogP contribution in [-0.4, -0.2) is 17.1 Å². The Hall–Kier alpha value is -5.08. The second-order valence-corrected chi connectivity index (χ2v) is 7.95. The zero-order chi connectivity index (χ0) is 24.0. The summed E-state index contributed by atoms with van der Waals surface area (Å²) in [6.45, 7) is 0. The fraction of sp³-hybridized carbons (Fsp3) is 0. The van der Waals surface area contributed by atoms with Crippen molar-refractivity contribution in [1.29, 1.82) is 5.26 Å². The molecule has 0 unspecified atom stereocenters. The van der Waals surface area contributed by atoms with Gasteiger partial charge in [0.1, 0.15) is 0 Å². The number of hydrogen-bond acceptors (Lipinski definition) is 4. The Kier molecular flexibility index (Phi) is 6.10. The molecule has 5 heteroatoms. The lowest BCUT2D eigenvalue weighted by Crippen LogP contribution is -2.18. The summed E-state index contributed by atoms with van der Waals surface area (Å²) in [6.07, 6.45) is 1.55. The smallest absolute Gasteiger partial charge is 0.267 e. The second kappa shape index (κ2) is 9.82. The van der Waals surface area contributed by atoms with E-state index in [1.54, 1.807) is 36.5 Å². The first kappa shape index (κ1) is 21.7. The van der Waals surface area contributed by atoms with Gasteiger partial charge in [0, 0.05) is 10.9 Å². The topological polar surface area (TPSA) is 78.1 Å². The molecule has 5 aromatic rings. The van der Waals surface area contributed by atoms with Crippen LogP contribution >= 0.6 is 0 Å². The van der Waals surface area contributed by atoms with Crippen LogP contribution in [0.2, 0.25) is 0 Å². The van der Waals surface area contributed by atoms with Gasteiger partial charge < -0.3 is 0 Å². The van der Waals surface area contributed by atoms with Crippen molar-refractivity contribution >= 4 is 23.0 Å². The maximum absolute atomic E-state index is 13.1. The lowest BCUT2D eigenvalue weighted by Gasteiger charge is -2.10. The highest BCUT2D eigenvalue weighted by Gasteiger charge is 2.13. The molecule has 0 spiro atoms. The van der Waals surface area contributed by atoms with Gasteiger partial charge in [0.05, 0.1) is 34.6 Å². The van der Waals surface area contributed by atoms with Crippen LogP contribution < -0.4 is 5.43 Å². The van der Waals surface area contributed by atoms with Crippen LogP contribution in [0.15, 0.2) is 114 Å². The van der Waals surface area contributed by atoms with Crippen LogP contribution in [0.4, 0.5) is 0 Å². The summed E-state index contributed by atoms with van der Waals surface area (Å²) in [5.41, 5.74) is 9.09. The number of carbonyl (C=O) groups excluding carboxylic acids is 1. The molecule has 0 fully saturated rings. The van der Waals surface area contributed by atoms with E-state index in [0.29, 0.717) is 16.8 Å². The Morgan fingerprint density at radius 2 is 1.46 bits per heavy atom. The van der Waals surface area contributed by atoms with E-state index in [-0.39, 0.29) is 5.91 Å². The van der Waals surface area contributed by atoms with E-state index in [1.807, 2.05) is 54.6 Å². The number of amides is 1. The Morgan fingerprint density at radius 3 is 2.20 bits per heavy atom. The number of fused-ring (bicyclic) bond motifs is 1. The van der Waals surface area contributed by atoms with E-state index in [9.17, 15) is 4.79 Å². The molecule has 1 amide bonds. The molecule has 1 N–H and O–H groups in total. The van der Waals surface area contributed by atoms with Gasteiger partial charge in [-0.25, -0.2) is 10.4 Å². The normalized spacial score (nSPS) is 10.8. The van der Waals surface area contributed by atoms with Crippen LogP contribution in [-0.2, 0) is 0 Å². The molecular formula is C30H20N4O. The molecule has 0 saturated carbocycles. The number of rotatable bonds is 5. The zero-order valence-electron chi connectivity index (χ0n) is 18.7. The molecule has 5 rings (SSSR count). The second-order valence-electron chi connectivity index (χ2n) is 7.95. The number of aromatic nitrogens is 1. The third-order valence-electron chi connectivity index (χ3n) is 5.67. The molecule has 35 heavy (non-hydrogen) atoms. The van der Waals surface area contributed by atoms with Crippen molar-refractivity contribution < 1.29 is 4.79 Å². The molecule has 166 valence electrons. The Morgan fingerprint density at radius 1 is 0.800 bits per heavy atom. The van der Waals surface area contributed by atoms with Gasteiger partial charge >= 0.3 is 0 Å². The standard InChI is InChI=1S/C30H20N4O/c31-19-21-10-12-22(13-11-21)20-32-34-30(35)27-18-29(33-28-9-5-4-8-26(27)28)25-16-14-24(15-17-25)23-6-2-1-3-7-23/h1-18,20H,(H,34,35)/b32-20+. The van der Waals surface area contributed by atoms with Crippen molar-refractivity contribution in [3.8, 4) is 28.5 Å². The van der Waals surface area contributed by atoms with Gasteiger partial charge in [-0.3, -0.25) is 4.79 Å². The molecule has 0 aliphatic heterocycles. The van der Waals surface area contributed by atoms with Gasteiger partial charge in [-0.2, -0.15) is 10.4 Å². The Balaban J connectivity index is 1.44. The van der Waals surface area contributed by atoms with Gasteiger partial charge in [0.2, 0.25) is 0 Å². The summed E-state index contributed by atoms with van der Waals surface area (Å²) >= 11 is 0. The van der Waals surface area contributed by atoms with E-state index in [1.165, 1.54) is 0 Å². The van der Waals surface area contributed by atoms with E-state index in [0.717, 1.165) is 33.2 Å². The summed E-state index contributed by atoms with van der Waals surface area (Å²) in [7, 11) is 0. The maximum atomic E-state index is 13.1. The Bertz CT molecular complexity index is 1570. The number of nitriles is 1. The molecule has 1 aromatic heterocycles. The SMILES string of the molecule is N#Cc1ccc(/C=N/NC(=O)c2cc(-c3ccc(-c4ccccc4)cc3)nc3ccccc23)cc1. The first-order valence-electron chi connectivity index (χ1n) is 11.1. The average molecular weight is 453 g/mol. The lowest BCUT2D eigenvalue weighted by molar-refractivity contribution is 0.0956. The summed E-state index contributed by atoms with van der Waals surface area (Å²) in [4.78, 5) is 17.9. The monoisotopic (exact) mass is 452 g/mol. The predicted molar refractivity (Wildman–Crippen MR) is 139 cm³/mol. The fourth-order valence-corrected chi connectivity index (χ4v) is 3.84.